The van der Waals surface area contributed by atoms with E-state index in [0.29, 0.717) is 36.8 Å². The van der Waals surface area contributed by atoms with Gasteiger partial charge in [0, 0.05) is 26.2 Å². The van der Waals surface area contributed by atoms with E-state index in [2.05, 4.69) is 25.4 Å². The summed E-state index contributed by atoms with van der Waals surface area (Å²) in [6.45, 7) is 7.61. The molecular weight excluding hydrogens is 420 g/mol. The second-order valence-corrected chi connectivity index (χ2v) is 10.0. The van der Waals surface area contributed by atoms with Crippen LogP contribution in [0.15, 0.2) is 28.0 Å². The van der Waals surface area contributed by atoms with Gasteiger partial charge in [-0.25, -0.2) is 14.9 Å². The third kappa shape index (κ3) is 4.73. The molecule has 1 amide bonds. The van der Waals surface area contributed by atoms with Crippen LogP contribution in [0.3, 0.4) is 0 Å². The lowest BCUT2D eigenvalue weighted by Gasteiger charge is -2.35. The van der Waals surface area contributed by atoms with Gasteiger partial charge in [-0.1, -0.05) is 25.3 Å². The molecule has 1 aliphatic carbocycles. The molecule has 1 aromatic heterocycles. The van der Waals surface area contributed by atoms with Crippen molar-refractivity contribution in [3.63, 3.8) is 0 Å². The fraction of sp³-hybridized carbons (Fsp3) is 0.583. The molecule has 33 heavy (non-hydrogen) atoms. The summed E-state index contributed by atoms with van der Waals surface area (Å²) in [5.74, 6) is 2.01. The summed E-state index contributed by atoms with van der Waals surface area (Å²) in [7, 11) is 0. The number of hydrogen-bond acceptors (Lipinski definition) is 7. The summed E-state index contributed by atoms with van der Waals surface area (Å²) in [6.07, 6.45) is 5.42. The van der Waals surface area contributed by atoms with Gasteiger partial charge < -0.3 is 15.0 Å². The summed E-state index contributed by atoms with van der Waals surface area (Å²) >= 11 is 0. The van der Waals surface area contributed by atoms with Crippen LogP contribution in [0.2, 0.25) is 0 Å². The van der Waals surface area contributed by atoms with Crippen LogP contribution in [0.4, 0.5) is 16.3 Å². The standard InChI is InChI=1S/C24H32N6O3/c1-24(2,14-16-6-3-7-16)33-23(32)30-11-5-10-29(12-13-30)15-19-25-18-9-4-8-17-20(18)21(26-19)27-28-22(17)31/h4,8-9,16H,3,5-7,10-15H2,1-2H3,(H,28,31)(H,25,26,27). The van der Waals surface area contributed by atoms with Crippen LogP contribution in [0, 0.1) is 5.92 Å². The summed E-state index contributed by atoms with van der Waals surface area (Å²) in [4.78, 5) is 33.7. The zero-order chi connectivity index (χ0) is 23.0. The fourth-order valence-corrected chi connectivity index (χ4v) is 5.03. The van der Waals surface area contributed by atoms with Crippen molar-refractivity contribution in [2.75, 3.05) is 38.0 Å². The van der Waals surface area contributed by atoms with E-state index < -0.39 is 5.60 Å². The molecule has 0 radical (unpaired) electrons. The molecule has 1 saturated carbocycles. The van der Waals surface area contributed by atoms with E-state index >= 15 is 0 Å². The lowest BCUT2D eigenvalue weighted by atomic mass is 9.78. The maximum Gasteiger partial charge on any atom is 0.410 e. The molecule has 2 aliphatic heterocycles. The first-order valence-corrected chi connectivity index (χ1v) is 11.9. The van der Waals surface area contributed by atoms with Crippen molar-refractivity contribution in [1.82, 2.24) is 20.0 Å². The molecule has 9 heteroatoms. The quantitative estimate of drug-likeness (QED) is 0.720. The summed E-state index contributed by atoms with van der Waals surface area (Å²) in [5.41, 5.74) is 0.211. The second kappa shape index (κ2) is 8.78. The normalized spacial score (nSPS) is 19.5. The van der Waals surface area contributed by atoms with E-state index in [1.165, 1.54) is 19.3 Å². The Hall–Kier alpha value is -2.94. The topological polar surface area (TPSA) is 103 Å². The number of ether oxygens (including phenoxy) is 1. The minimum Gasteiger partial charge on any atom is -0.443 e. The monoisotopic (exact) mass is 452 g/mol. The number of nitrogens with one attached hydrogen (secondary N) is 2. The molecule has 5 rings (SSSR count). The lowest BCUT2D eigenvalue weighted by molar-refractivity contribution is -0.00815. The number of amidine groups is 1. The highest BCUT2D eigenvalue weighted by atomic mass is 16.6. The SMILES string of the molecule is CC(C)(CC1CCC1)OC(=O)N1CCCN(CC2=Nc3n[nH]c(=O)c4cccc(c34)N2)CC1. The van der Waals surface area contributed by atoms with Gasteiger partial charge in [-0.05, 0) is 44.7 Å². The minimum absolute atomic E-state index is 0.205. The van der Waals surface area contributed by atoms with Crippen molar-refractivity contribution in [3.05, 3.63) is 28.6 Å². The smallest absolute Gasteiger partial charge is 0.410 e. The first-order chi connectivity index (χ1) is 15.9. The molecule has 1 aromatic carbocycles. The van der Waals surface area contributed by atoms with E-state index in [1.807, 2.05) is 30.9 Å². The van der Waals surface area contributed by atoms with Crippen LogP contribution in [-0.2, 0) is 4.74 Å². The minimum atomic E-state index is -0.419. The Bertz CT molecular complexity index is 1140. The van der Waals surface area contributed by atoms with Crippen molar-refractivity contribution in [3.8, 4) is 0 Å². The molecule has 3 aliphatic rings. The Morgan fingerprint density at radius 1 is 1.18 bits per heavy atom. The molecule has 2 N–H and O–H groups in total. The van der Waals surface area contributed by atoms with Gasteiger partial charge in [0.1, 0.15) is 11.4 Å². The third-order valence-corrected chi connectivity index (χ3v) is 6.90. The van der Waals surface area contributed by atoms with E-state index in [4.69, 9.17) is 4.74 Å². The van der Waals surface area contributed by atoms with Gasteiger partial charge >= 0.3 is 6.09 Å². The van der Waals surface area contributed by atoms with Crippen LogP contribution >= 0.6 is 0 Å². The number of carbonyl (C=O) groups is 1. The molecular formula is C24H32N6O3. The molecule has 9 nitrogen and oxygen atoms in total. The molecule has 176 valence electrons. The van der Waals surface area contributed by atoms with Crippen molar-refractivity contribution in [2.45, 2.75) is 51.6 Å². The van der Waals surface area contributed by atoms with Crippen LogP contribution in [0.25, 0.3) is 10.8 Å². The maximum absolute atomic E-state index is 12.8. The summed E-state index contributed by atoms with van der Waals surface area (Å²) < 4.78 is 5.90. The number of aliphatic imine (C=N–C) groups is 1. The van der Waals surface area contributed by atoms with Gasteiger partial charge in [0.2, 0.25) is 0 Å². The first-order valence-electron chi connectivity index (χ1n) is 11.9. The summed E-state index contributed by atoms with van der Waals surface area (Å²) in [5, 5.41) is 11.4. The first kappa shape index (κ1) is 21.9. The fourth-order valence-electron chi connectivity index (χ4n) is 5.03. The number of carbonyl (C=O) groups excluding carboxylic acids is 1. The molecule has 2 fully saturated rings. The number of rotatable bonds is 5. The predicted molar refractivity (Wildman–Crippen MR) is 128 cm³/mol. The van der Waals surface area contributed by atoms with Gasteiger partial charge in [0.05, 0.1) is 23.0 Å². The highest BCUT2D eigenvalue weighted by Crippen LogP contribution is 2.35. The van der Waals surface area contributed by atoms with Crippen molar-refractivity contribution < 1.29 is 9.53 Å². The van der Waals surface area contributed by atoms with Crippen LogP contribution < -0.4 is 10.9 Å². The maximum atomic E-state index is 12.8. The van der Waals surface area contributed by atoms with Crippen LogP contribution in [0.5, 0.6) is 0 Å². The van der Waals surface area contributed by atoms with Crippen LogP contribution in [-0.4, -0.2) is 70.3 Å². The highest BCUT2D eigenvalue weighted by Gasteiger charge is 2.32. The largest absolute Gasteiger partial charge is 0.443 e. The number of aromatic amines is 1. The van der Waals surface area contributed by atoms with E-state index in [-0.39, 0.29) is 11.7 Å². The molecule has 0 spiro atoms. The molecule has 0 bridgehead atoms. The number of anilines is 1. The molecule has 1 saturated heterocycles. The number of benzene rings is 1. The number of hydrogen-bond donors (Lipinski definition) is 2. The van der Waals surface area contributed by atoms with Crippen molar-refractivity contribution >= 4 is 34.2 Å². The Labute approximate surface area is 193 Å². The Balaban J connectivity index is 1.20. The highest BCUT2D eigenvalue weighted by molar-refractivity contribution is 6.12. The van der Waals surface area contributed by atoms with Crippen LogP contribution in [0.1, 0.15) is 46.0 Å². The average molecular weight is 453 g/mol. The zero-order valence-corrected chi connectivity index (χ0v) is 19.4. The molecule has 3 heterocycles. The summed E-state index contributed by atoms with van der Waals surface area (Å²) in [6, 6.07) is 5.57. The number of amides is 1. The predicted octanol–water partition coefficient (Wildman–Crippen LogP) is 3.49. The number of nitrogens with zero attached hydrogens (tertiary/aromatic N) is 4. The average Bonchev–Trinajstić information content (AvgIpc) is 2.99. The van der Waals surface area contributed by atoms with Crippen molar-refractivity contribution in [1.29, 1.82) is 0 Å². The zero-order valence-electron chi connectivity index (χ0n) is 19.4. The number of aromatic nitrogens is 2. The molecule has 0 atom stereocenters. The Morgan fingerprint density at radius 3 is 2.82 bits per heavy atom. The number of H-pyrrole nitrogens is 1. The van der Waals surface area contributed by atoms with Gasteiger partial charge in [0.25, 0.3) is 5.56 Å². The van der Waals surface area contributed by atoms with Gasteiger partial charge in [0.15, 0.2) is 5.82 Å². The Morgan fingerprint density at radius 2 is 2.03 bits per heavy atom. The Kier molecular flexibility index (Phi) is 5.82. The van der Waals surface area contributed by atoms with Gasteiger partial charge in [-0.3, -0.25) is 9.69 Å². The van der Waals surface area contributed by atoms with E-state index in [0.717, 1.165) is 42.8 Å². The second-order valence-electron chi connectivity index (χ2n) is 10.0. The van der Waals surface area contributed by atoms with E-state index in [1.54, 1.807) is 6.07 Å². The third-order valence-electron chi connectivity index (χ3n) is 6.90. The lowest BCUT2D eigenvalue weighted by Crippen LogP contribution is -2.42. The van der Waals surface area contributed by atoms with Gasteiger partial charge in [-0.2, -0.15) is 5.10 Å². The van der Waals surface area contributed by atoms with Crippen molar-refractivity contribution in [2.24, 2.45) is 10.9 Å². The molecule has 2 aromatic rings. The molecule has 0 unspecified atom stereocenters. The van der Waals surface area contributed by atoms with E-state index in [9.17, 15) is 9.59 Å². The van der Waals surface area contributed by atoms with Gasteiger partial charge in [-0.15, -0.1) is 0 Å².